The quantitative estimate of drug-likeness (QED) is 0.277. The lowest BCUT2D eigenvalue weighted by molar-refractivity contribution is -0.137. The van der Waals surface area contributed by atoms with Crippen LogP contribution in [0.3, 0.4) is 0 Å². The average Bonchev–Trinajstić information content (AvgIpc) is 2.74. The van der Waals surface area contributed by atoms with Gasteiger partial charge in [-0.3, -0.25) is 0 Å². The summed E-state index contributed by atoms with van der Waals surface area (Å²) in [5, 5.41) is 7.63. The van der Waals surface area contributed by atoms with Crippen LogP contribution in [0.1, 0.15) is 29.2 Å². The molecule has 2 aromatic rings. The van der Waals surface area contributed by atoms with E-state index >= 15 is 0 Å². The fourth-order valence-electron chi connectivity index (χ4n) is 2.63. The van der Waals surface area contributed by atoms with Crippen LogP contribution in [-0.4, -0.2) is 38.2 Å². The molecule has 9 heteroatoms. The second-order valence-electron chi connectivity index (χ2n) is 6.11. The van der Waals surface area contributed by atoms with Crippen LogP contribution in [0.15, 0.2) is 58.8 Å². The number of carbonyl (C=O) groups excluding carboxylic acids is 1. The van der Waals surface area contributed by atoms with Crippen molar-refractivity contribution in [3.63, 3.8) is 0 Å². The molecule has 0 N–H and O–H groups in total. The number of oxime groups is 2. The van der Waals surface area contributed by atoms with Gasteiger partial charge >= 0.3 is 12.1 Å². The predicted molar refractivity (Wildman–Crippen MR) is 105 cm³/mol. The van der Waals surface area contributed by atoms with Crippen molar-refractivity contribution >= 4 is 17.4 Å². The molecule has 0 unspecified atom stereocenters. The fraction of sp³-hybridized carbons (Fsp3) is 0.286. The molecule has 0 heterocycles. The second-order valence-corrected chi connectivity index (χ2v) is 6.11. The standard InChI is InChI=1S/C21H21F3N2O4/c1-14(16-8-6-9-17(13-16)21(22,23)24)25-30-12-11-15-7-4-5-10-18(15)19(26-29-3)20(27)28-2/h4-10,13H,11-12H2,1-3H3/b25-14+,26-19+. The highest BCUT2D eigenvalue weighted by molar-refractivity contribution is 6.43. The Balaban J connectivity index is 2.09. The molecule has 0 fully saturated rings. The summed E-state index contributed by atoms with van der Waals surface area (Å²) in [6.45, 7) is 1.69. The molecule has 0 aliphatic carbocycles. The first-order valence-electron chi connectivity index (χ1n) is 8.89. The van der Waals surface area contributed by atoms with Gasteiger partial charge in [0.05, 0.1) is 18.4 Å². The summed E-state index contributed by atoms with van der Waals surface area (Å²) in [6, 6.07) is 11.9. The molecule has 0 aliphatic rings. The predicted octanol–water partition coefficient (Wildman–Crippen LogP) is 4.21. The lowest BCUT2D eigenvalue weighted by Gasteiger charge is -2.10. The average molecular weight is 422 g/mol. The van der Waals surface area contributed by atoms with Gasteiger partial charge in [-0.15, -0.1) is 0 Å². The van der Waals surface area contributed by atoms with Crippen LogP contribution in [0.4, 0.5) is 13.2 Å². The number of benzene rings is 2. The Hall–Kier alpha value is -3.36. The van der Waals surface area contributed by atoms with Crippen molar-refractivity contribution in [1.29, 1.82) is 0 Å². The molecule has 0 spiro atoms. The molecule has 30 heavy (non-hydrogen) atoms. The van der Waals surface area contributed by atoms with E-state index in [1.807, 2.05) is 0 Å². The Morgan fingerprint density at radius 2 is 1.77 bits per heavy atom. The van der Waals surface area contributed by atoms with Crippen LogP contribution in [0, 0.1) is 0 Å². The van der Waals surface area contributed by atoms with E-state index in [0.29, 0.717) is 23.3 Å². The van der Waals surface area contributed by atoms with Crippen LogP contribution < -0.4 is 0 Å². The number of esters is 1. The maximum atomic E-state index is 12.8. The first-order valence-corrected chi connectivity index (χ1v) is 8.89. The molecule has 0 aromatic heterocycles. The van der Waals surface area contributed by atoms with Gasteiger partial charge in [-0.1, -0.05) is 46.7 Å². The van der Waals surface area contributed by atoms with E-state index in [2.05, 4.69) is 10.3 Å². The molecule has 2 aromatic carbocycles. The van der Waals surface area contributed by atoms with Gasteiger partial charge < -0.3 is 14.4 Å². The number of hydrogen-bond donors (Lipinski definition) is 0. The third-order valence-electron chi connectivity index (χ3n) is 4.11. The van der Waals surface area contributed by atoms with Crippen LogP contribution in [-0.2, 0) is 31.8 Å². The molecule has 2 rings (SSSR count). The monoisotopic (exact) mass is 422 g/mol. The third-order valence-corrected chi connectivity index (χ3v) is 4.11. The fourth-order valence-corrected chi connectivity index (χ4v) is 2.63. The lowest BCUT2D eigenvalue weighted by Crippen LogP contribution is -2.19. The summed E-state index contributed by atoms with van der Waals surface area (Å²) in [6.07, 6.45) is -4.06. The van der Waals surface area contributed by atoms with Gasteiger partial charge in [-0.25, -0.2) is 4.79 Å². The van der Waals surface area contributed by atoms with Gasteiger partial charge in [0.15, 0.2) is 5.71 Å². The molecular weight excluding hydrogens is 401 g/mol. The van der Waals surface area contributed by atoms with E-state index in [4.69, 9.17) is 14.4 Å². The Bertz CT molecular complexity index is 940. The van der Waals surface area contributed by atoms with Gasteiger partial charge in [0.2, 0.25) is 0 Å². The summed E-state index contributed by atoms with van der Waals surface area (Å²) in [7, 11) is 2.56. The minimum atomic E-state index is -4.43. The van der Waals surface area contributed by atoms with Gasteiger partial charge in [0.25, 0.3) is 0 Å². The number of rotatable bonds is 8. The molecule has 0 saturated heterocycles. The number of halogens is 3. The minimum absolute atomic E-state index is 0.0132. The van der Waals surface area contributed by atoms with E-state index in [1.54, 1.807) is 31.2 Å². The van der Waals surface area contributed by atoms with Crippen LogP contribution >= 0.6 is 0 Å². The number of hydrogen-bond acceptors (Lipinski definition) is 6. The Morgan fingerprint density at radius 1 is 1.03 bits per heavy atom. The zero-order valence-corrected chi connectivity index (χ0v) is 16.7. The molecule has 0 saturated carbocycles. The summed E-state index contributed by atoms with van der Waals surface area (Å²) in [5.74, 6) is -0.649. The SMILES string of the molecule is CO/N=C(/C(=O)OC)c1ccccc1CCO/N=C(\C)c1cccc(C(F)(F)F)c1. The summed E-state index contributed by atoms with van der Waals surface area (Å²) in [4.78, 5) is 22.0. The zero-order valence-electron chi connectivity index (χ0n) is 16.7. The highest BCUT2D eigenvalue weighted by atomic mass is 19.4. The van der Waals surface area contributed by atoms with E-state index < -0.39 is 17.7 Å². The van der Waals surface area contributed by atoms with Gasteiger partial charge in [-0.2, -0.15) is 13.2 Å². The maximum absolute atomic E-state index is 12.8. The zero-order chi connectivity index (χ0) is 22.1. The van der Waals surface area contributed by atoms with Gasteiger partial charge in [0, 0.05) is 12.0 Å². The molecule has 0 atom stereocenters. The molecule has 0 aliphatic heterocycles. The molecule has 0 bridgehead atoms. The van der Waals surface area contributed by atoms with Gasteiger partial charge in [0.1, 0.15) is 13.7 Å². The largest absolute Gasteiger partial charge is 0.464 e. The summed E-state index contributed by atoms with van der Waals surface area (Å²) in [5.41, 5.74) is 1.14. The summed E-state index contributed by atoms with van der Waals surface area (Å²) < 4.78 is 43.3. The van der Waals surface area contributed by atoms with E-state index in [0.717, 1.165) is 17.7 Å². The van der Waals surface area contributed by atoms with Crippen molar-refractivity contribution in [2.45, 2.75) is 19.5 Å². The van der Waals surface area contributed by atoms with Crippen molar-refractivity contribution in [1.82, 2.24) is 0 Å². The second kappa shape index (κ2) is 10.4. The number of methoxy groups -OCH3 is 1. The third kappa shape index (κ3) is 6.07. The Kier molecular flexibility index (Phi) is 7.97. The first kappa shape index (κ1) is 22.9. The molecule has 160 valence electrons. The molecule has 6 nitrogen and oxygen atoms in total. The normalized spacial score (nSPS) is 12.5. The lowest BCUT2D eigenvalue weighted by atomic mass is 10.0. The van der Waals surface area contributed by atoms with Crippen molar-refractivity contribution in [2.75, 3.05) is 20.8 Å². The van der Waals surface area contributed by atoms with Crippen molar-refractivity contribution in [3.05, 3.63) is 70.8 Å². The number of nitrogens with zero attached hydrogens (tertiary/aromatic N) is 2. The molecule has 0 radical (unpaired) electrons. The van der Waals surface area contributed by atoms with Crippen molar-refractivity contribution in [2.24, 2.45) is 10.3 Å². The van der Waals surface area contributed by atoms with E-state index in [1.165, 1.54) is 26.4 Å². The van der Waals surface area contributed by atoms with Crippen molar-refractivity contribution < 1.29 is 32.4 Å². The molecular formula is C21H21F3N2O4. The van der Waals surface area contributed by atoms with E-state index in [-0.39, 0.29) is 12.3 Å². The van der Waals surface area contributed by atoms with Gasteiger partial charge in [-0.05, 0) is 30.2 Å². The summed E-state index contributed by atoms with van der Waals surface area (Å²) >= 11 is 0. The van der Waals surface area contributed by atoms with Crippen LogP contribution in [0.25, 0.3) is 0 Å². The Morgan fingerprint density at radius 3 is 2.43 bits per heavy atom. The minimum Gasteiger partial charge on any atom is -0.464 e. The smallest absolute Gasteiger partial charge is 0.416 e. The first-order chi connectivity index (χ1) is 14.3. The topological polar surface area (TPSA) is 69.5 Å². The van der Waals surface area contributed by atoms with E-state index in [9.17, 15) is 18.0 Å². The highest BCUT2D eigenvalue weighted by Crippen LogP contribution is 2.29. The number of ether oxygens (including phenoxy) is 1. The molecule has 0 amide bonds. The number of alkyl halides is 3. The maximum Gasteiger partial charge on any atom is 0.416 e. The van der Waals surface area contributed by atoms with Crippen LogP contribution in [0.5, 0.6) is 0 Å². The Labute approximate surface area is 171 Å². The van der Waals surface area contributed by atoms with Crippen molar-refractivity contribution in [3.8, 4) is 0 Å². The number of carbonyl (C=O) groups is 1. The highest BCUT2D eigenvalue weighted by Gasteiger charge is 2.30. The van der Waals surface area contributed by atoms with Crippen LogP contribution in [0.2, 0.25) is 0 Å².